The molecule has 0 bridgehead atoms. The molecule has 8 nitrogen and oxygen atoms in total. The Bertz CT molecular complexity index is 1100. The summed E-state index contributed by atoms with van der Waals surface area (Å²) in [5, 5.41) is 11.5. The zero-order valence-corrected chi connectivity index (χ0v) is 16.5. The van der Waals surface area contributed by atoms with E-state index in [-0.39, 0.29) is 17.8 Å². The van der Waals surface area contributed by atoms with Crippen molar-refractivity contribution in [2.45, 2.75) is 24.3 Å². The smallest absolute Gasteiger partial charge is 0.307 e. The molecule has 0 aliphatic heterocycles. The minimum atomic E-state index is -4.16. The van der Waals surface area contributed by atoms with Gasteiger partial charge in [-0.25, -0.2) is 21.9 Å². The molecule has 0 aromatic heterocycles. The molecule has 1 amide bonds. The highest BCUT2D eigenvalue weighted by Crippen LogP contribution is 2.15. The van der Waals surface area contributed by atoms with Gasteiger partial charge in [0, 0.05) is 6.54 Å². The maximum atomic E-state index is 13.2. The average Bonchev–Trinajstić information content (AvgIpc) is 2.70. The van der Waals surface area contributed by atoms with E-state index in [9.17, 15) is 26.8 Å². The van der Waals surface area contributed by atoms with Gasteiger partial charge in [-0.2, -0.15) is 5.26 Å². The summed E-state index contributed by atoms with van der Waals surface area (Å²) in [4.78, 5) is 23.5. The molecular formula is C19H17F2N3O5S. The number of halogens is 2. The largest absolute Gasteiger partial charge is 0.452 e. The number of anilines is 1. The maximum Gasteiger partial charge on any atom is 0.307 e. The first-order valence-corrected chi connectivity index (χ1v) is 10.1. The minimum Gasteiger partial charge on any atom is -0.452 e. The van der Waals surface area contributed by atoms with Gasteiger partial charge in [-0.15, -0.1) is 0 Å². The van der Waals surface area contributed by atoms with Crippen molar-refractivity contribution < 1.29 is 31.5 Å². The molecule has 0 spiro atoms. The number of nitrogens with one attached hydrogen (secondary N) is 2. The van der Waals surface area contributed by atoms with Gasteiger partial charge in [-0.1, -0.05) is 12.1 Å². The number of hydrogen-bond acceptors (Lipinski definition) is 6. The lowest BCUT2D eigenvalue weighted by molar-refractivity contribution is -0.152. The molecule has 0 radical (unpaired) electrons. The van der Waals surface area contributed by atoms with Gasteiger partial charge in [-0.05, 0) is 37.3 Å². The van der Waals surface area contributed by atoms with Gasteiger partial charge >= 0.3 is 5.97 Å². The normalized spacial score (nSPS) is 11.9. The summed E-state index contributed by atoms with van der Waals surface area (Å²) in [7, 11) is -4.16. The molecule has 0 fully saturated rings. The number of benzene rings is 2. The Labute approximate surface area is 171 Å². The number of carbonyl (C=O) groups is 2. The van der Waals surface area contributed by atoms with Crippen molar-refractivity contribution in [1.29, 1.82) is 5.26 Å². The summed E-state index contributed by atoms with van der Waals surface area (Å²) in [5.41, 5.74) is 0.489. The Balaban J connectivity index is 1.85. The van der Waals surface area contributed by atoms with Crippen molar-refractivity contribution >= 4 is 27.6 Å². The van der Waals surface area contributed by atoms with Gasteiger partial charge in [0.2, 0.25) is 10.0 Å². The van der Waals surface area contributed by atoms with E-state index in [4.69, 9.17) is 10.00 Å². The standard InChI is InChI=1S/C19H17F2N3O5S/c1-12(19(26)24-17-5-3-2-4-13(17)11-22)29-18(25)8-9-23-30(27,28)14-6-7-15(20)16(21)10-14/h2-7,10,12,23H,8-9H2,1H3,(H,24,26). The summed E-state index contributed by atoms with van der Waals surface area (Å²) < 4.78 is 57.1. The first kappa shape index (κ1) is 22.9. The summed E-state index contributed by atoms with van der Waals surface area (Å²) in [6, 6.07) is 10.2. The quantitative estimate of drug-likeness (QED) is 0.609. The van der Waals surface area contributed by atoms with Crippen molar-refractivity contribution in [2.24, 2.45) is 0 Å². The number of sulfonamides is 1. The molecule has 11 heteroatoms. The van der Waals surface area contributed by atoms with Crippen molar-refractivity contribution in [1.82, 2.24) is 4.72 Å². The number of esters is 1. The highest BCUT2D eigenvalue weighted by atomic mass is 32.2. The molecule has 2 N–H and O–H groups in total. The Kier molecular flexibility index (Phi) is 7.57. The molecule has 2 rings (SSSR count). The number of hydrogen-bond donors (Lipinski definition) is 2. The van der Waals surface area contributed by atoms with Crippen molar-refractivity contribution in [3.8, 4) is 6.07 Å². The van der Waals surface area contributed by atoms with Crippen molar-refractivity contribution in [2.75, 3.05) is 11.9 Å². The van der Waals surface area contributed by atoms with Crippen LogP contribution in [-0.2, 0) is 24.3 Å². The number of rotatable bonds is 8. The van der Waals surface area contributed by atoms with Gasteiger partial charge in [0.1, 0.15) is 6.07 Å². The number of amides is 1. The van der Waals surface area contributed by atoms with E-state index >= 15 is 0 Å². The summed E-state index contributed by atoms with van der Waals surface area (Å²) in [5.74, 6) is -4.05. The second-order valence-corrected chi connectivity index (χ2v) is 7.77. The zero-order chi connectivity index (χ0) is 22.3. The van der Waals surface area contributed by atoms with Crippen LogP contribution in [0.5, 0.6) is 0 Å². The van der Waals surface area contributed by atoms with Gasteiger partial charge in [0.05, 0.1) is 22.6 Å². The van der Waals surface area contributed by atoms with E-state index in [1.54, 1.807) is 12.1 Å². The fourth-order valence-electron chi connectivity index (χ4n) is 2.25. The maximum absolute atomic E-state index is 13.2. The number of carbonyl (C=O) groups excluding carboxylic acids is 2. The highest BCUT2D eigenvalue weighted by molar-refractivity contribution is 7.89. The molecule has 0 aliphatic rings. The topological polar surface area (TPSA) is 125 Å². The van der Waals surface area contributed by atoms with E-state index in [0.717, 1.165) is 6.07 Å². The predicted molar refractivity (Wildman–Crippen MR) is 102 cm³/mol. The van der Waals surface area contributed by atoms with Crippen LogP contribution in [0.2, 0.25) is 0 Å². The van der Waals surface area contributed by atoms with Crippen LogP contribution in [0.25, 0.3) is 0 Å². The van der Waals surface area contributed by atoms with Crippen LogP contribution in [0.1, 0.15) is 18.9 Å². The molecule has 1 atom stereocenters. The summed E-state index contributed by atoms with van der Waals surface area (Å²) in [6.45, 7) is 0.930. The zero-order valence-electron chi connectivity index (χ0n) is 15.7. The molecule has 2 aromatic carbocycles. The number of nitriles is 1. The first-order chi connectivity index (χ1) is 14.1. The van der Waals surface area contributed by atoms with Gasteiger partial charge in [0.15, 0.2) is 17.7 Å². The van der Waals surface area contributed by atoms with Gasteiger partial charge in [0.25, 0.3) is 5.91 Å². The molecule has 0 saturated carbocycles. The van der Waals surface area contributed by atoms with Crippen LogP contribution in [0.15, 0.2) is 47.4 Å². The number of nitrogens with zero attached hydrogens (tertiary/aromatic N) is 1. The second kappa shape index (κ2) is 9.91. The second-order valence-electron chi connectivity index (χ2n) is 6.00. The fourth-order valence-corrected chi connectivity index (χ4v) is 3.29. The highest BCUT2D eigenvalue weighted by Gasteiger charge is 2.20. The lowest BCUT2D eigenvalue weighted by Crippen LogP contribution is -2.32. The molecule has 158 valence electrons. The van der Waals surface area contributed by atoms with E-state index < -0.39 is 51.0 Å². The van der Waals surface area contributed by atoms with Crippen LogP contribution in [-0.4, -0.2) is 32.9 Å². The third-order valence-electron chi connectivity index (χ3n) is 3.81. The lowest BCUT2D eigenvalue weighted by atomic mass is 10.2. The fraction of sp³-hybridized carbons (Fsp3) is 0.211. The first-order valence-electron chi connectivity index (χ1n) is 8.58. The minimum absolute atomic E-state index is 0.232. The van der Waals surface area contributed by atoms with Crippen molar-refractivity contribution in [3.05, 3.63) is 59.7 Å². The number of ether oxygens (including phenoxy) is 1. The molecule has 2 aromatic rings. The third-order valence-corrected chi connectivity index (χ3v) is 5.26. The average molecular weight is 437 g/mol. The van der Waals surface area contributed by atoms with Gasteiger partial charge < -0.3 is 10.1 Å². The lowest BCUT2D eigenvalue weighted by Gasteiger charge is -2.14. The Morgan fingerprint density at radius 1 is 1.17 bits per heavy atom. The van der Waals surface area contributed by atoms with Crippen LogP contribution in [0.4, 0.5) is 14.5 Å². The Morgan fingerprint density at radius 3 is 2.53 bits per heavy atom. The van der Waals surface area contributed by atoms with E-state index in [0.29, 0.717) is 12.1 Å². The summed E-state index contributed by atoms with van der Waals surface area (Å²) in [6.07, 6.45) is -1.61. The van der Waals surface area contributed by atoms with E-state index in [2.05, 4.69) is 10.0 Å². The van der Waals surface area contributed by atoms with E-state index in [1.165, 1.54) is 19.1 Å². The number of para-hydroxylation sites is 1. The molecule has 0 saturated heterocycles. The predicted octanol–water partition coefficient (Wildman–Crippen LogP) is 2.08. The van der Waals surface area contributed by atoms with Gasteiger partial charge in [-0.3, -0.25) is 9.59 Å². The summed E-state index contributed by atoms with van der Waals surface area (Å²) >= 11 is 0. The molecule has 1 unspecified atom stereocenters. The Hall–Kier alpha value is -3.36. The SMILES string of the molecule is CC(OC(=O)CCNS(=O)(=O)c1ccc(F)c(F)c1)C(=O)Nc1ccccc1C#N. The molecule has 0 aliphatic carbocycles. The Morgan fingerprint density at radius 2 is 1.87 bits per heavy atom. The molecule has 30 heavy (non-hydrogen) atoms. The van der Waals surface area contributed by atoms with Crippen LogP contribution in [0, 0.1) is 23.0 Å². The van der Waals surface area contributed by atoms with Crippen LogP contribution < -0.4 is 10.0 Å². The van der Waals surface area contributed by atoms with Crippen LogP contribution >= 0.6 is 0 Å². The van der Waals surface area contributed by atoms with E-state index in [1.807, 2.05) is 6.07 Å². The van der Waals surface area contributed by atoms with Crippen molar-refractivity contribution in [3.63, 3.8) is 0 Å². The monoisotopic (exact) mass is 437 g/mol. The molecule has 0 heterocycles. The molecular weight excluding hydrogens is 420 g/mol. The van der Waals surface area contributed by atoms with Crippen LogP contribution in [0.3, 0.4) is 0 Å². The third kappa shape index (κ3) is 6.07.